The van der Waals surface area contributed by atoms with Crippen molar-refractivity contribution in [3.05, 3.63) is 53.7 Å². The fraction of sp³-hybridized carbons (Fsp3) is 0.478. The minimum atomic E-state index is 0. The van der Waals surface area contributed by atoms with Gasteiger partial charge in [-0.05, 0) is 60.6 Å². The zero-order chi connectivity index (χ0) is 20.5. The molecule has 0 aliphatic carbocycles. The van der Waals surface area contributed by atoms with E-state index in [9.17, 15) is 0 Å². The maximum atomic E-state index is 5.23. The number of ether oxygens (including phenoxy) is 1. The van der Waals surface area contributed by atoms with E-state index in [2.05, 4.69) is 56.7 Å². The summed E-state index contributed by atoms with van der Waals surface area (Å²) < 4.78 is 5.23. The number of pyridine rings is 1. The molecule has 0 amide bonds. The lowest BCUT2D eigenvalue weighted by atomic mass is 9.98. The van der Waals surface area contributed by atoms with Crippen molar-refractivity contribution in [1.29, 1.82) is 0 Å². The first-order valence-corrected chi connectivity index (χ1v) is 10.5. The molecule has 2 aromatic rings. The number of hydrogen-bond donors (Lipinski definition) is 2. The number of methoxy groups -OCH3 is 1. The van der Waals surface area contributed by atoms with Crippen LogP contribution in [0.25, 0.3) is 0 Å². The van der Waals surface area contributed by atoms with E-state index < -0.39 is 0 Å². The second-order valence-corrected chi connectivity index (χ2v) is 7.53. The average Bonchev–Trinajstić information content (AvgIpc) is 3.31. The number of hydrogen-bond acceptors (Lipinski definition) is 4. The van der Waals surface area contributed by atoms with Gasteiger partial charge in [0.1, 0.15) is 11.6 Å². The van der Waals surface area contributed by atoms with Crippen LogP contribution in [0.5, 0.6) is 5.75 Å². The topological polar surface area (TPSA) is 61.8 Å². The summed E-state index contributed by atoms with van der Waals surface area (Å²) in [5, 5.41) is 6.83. The summed E-state index contributed by atoms with van der Waals surface area (Å²) in [4.78, 5) is 11.2. The van der Waals surface area contributed by atoms with Crippen LogP contribution in [0.1, 0.15) is 43.2 Å². The average molecular weight is 523 g/mol. The van der Waals surface area contributed by atoms with Gasteiger partial charge in [0.2, 0.25) is 0 Å². The van der Waals surface area contributed by atoms with E-state index in [1.165, 1.54) is 24.0 Å². The van der Waals surface area contributed by atoms with Crippen molar-refractivity contribution in [3.63, 3.8) is 0 Å². The lowest BCUT2D eigenvalue weighted by molar-refractivity contribution is 0.414. The van der Waals surface area contributed by atoms with E-state index in [-0.39, 0.29) is 24.0 Å². The van der Waals surface area contributed by atoms with Crippen LogP contribution in [0.4, 0.5) is 5.82 Å². The summed E-state index contributed by atoms with van der Waals surface area (Å²) in [6.45, 7) is 6.06. The first kappa shape index (κ1) is 24.2. The van der Waals surface area contributed by atoms with Gasteiger partial charge < -0.3 is 20.3 Å². The molecule has 3 rings (SSSR count). The van der Waals surface area contributed by atoms with Crippen LogP contribution < -0.4 is 20.3 Å². The highest BCUT2D eigenvalue weighted by atomic mass is 127. The smallest absolute Gasteiger partial charge is 0.191 e. The fourth-order valence-corrected chi connectivity index (χ4v) is 3.60. The molecular weight excluding hydrogens is 489 g/mol. The van der Waals surface area contributed by atoms with E-state index in [4.69, 9.17) is 4.74 Å². The third-order valence-corrected chi connectivity index (χ3v) is 5.48. The van der Waals surface area contributed by atoms with Gasteiger partial charge in [-0.3, -0.25) is 4.99 Å². The van der Waals surface area contributed by atoms with E-state index in [0.29, 0.717) is 5.92 Å². The summed E-state index contributed by atoms with van der Waals surface area (Å²) in [6, 6.07) is 12.6. The Hall–Kier alpha value is -2.03. The van der Waals surface area contributed by atoms with E-state index >= 15 is 0 Å². The van der Waals surface area contributed by atoms with Gasteiger partial charge in [-0.15, -0.1) is 24.0 Å². The van der Waals surface area contributed by atoms with Crippen LogP contribution in [0.3, 0.4) is 0 Å². The Morgan fingerprint density at radius 3 is 2.57 bits per heavy atom. The predicted octanol–water partition coefficient (Wildman–Crippen LogP) is 4.17. The molecule has 1 aliphatic rings. The fourth-order valence-electron chi connectivity index (χ4n) is 3.60. The third kappa shape index (κ3) is 7.04. The number of nitrogens with zero attached hydrogens (tertiary/aromatic N) is 3. The Kier molecular flexibility index (Phi) is 10.2. The molecule has 0 radical (unpaired) electrons. The number of aromatic nitrogens is 1. The van der Waals surface area contributed by atoms with E-state index in [1.54, 1.807) is 7.11 Å². The number of anilines is 1. The molecule has 0 saturated carbocycles. The Morgan fingerprint density at radius 1 is 1.17 bits per heavy atom. The first-order chi connectivity index (χ1) is 14.2. The maximum absolute atomic E-state index is 5.23. The highest BCUT2D eigenvalue weighted by Gasteiger charge is 2.13. The number of halogens is 1. The summed E-state index contributed by atoms with van der Waals surface area (Å²) in [5.41, 5.74) is 2.54. The zero-order valence-corrected chi connectivity index (χ0v) is 20.6. The Labute approximate surface area is 197 Å². The van der Waals surface area contributed by atoms with Crippen LogP contribution in [-0.2, 0) is 6.54 Å². The van der Waals surface area contributed by atoms with Gasteiger partial charge in [-0.25, -0.2) is 4.98 Å². The van der Waals surface area contributed by atoms with Crippen molar-refractivity contribution < 1.29 is 4.74 Å². The van der Waals surface area contributed by atoms with Gasteiger partial charge >= 0.3 is 0 Å². The standard InChI is InChI=1S/C23H33N5O.HI/c1-18(20-6-8-21(29-3)9-7-20)10-12-26-23(24-2)27-17-19-11-13-25-22(16-19)28-14-4-5-15-28;/h6-9,11,13,16,18H,4-5,10,12,14-15,17H2,1-3H3,(H2,24,26,27);1H. The van der Waals surface area contributed by atoms with Crippen LogP contribution in [-0.4, -0.2) is 44.7 Å². The SMILES string of the molecule is CN=C(NCCC(C)c1ccc(OC)cc1)NCc1ccnc(N2CCCC2)c1.I. The lowest BCUT2D eigenvalue weighted by Gasteiger charge is -2.18. The molecule has 0 spiro atoms. The normalized spacial score (nSPS) is 14.8. The number of rotatable bonds is 8. The maximum Gasteiger partial charge on any atom is 0.191 e. The van der Waals surface area contributed by atoms with Crippen molar-refractivity contribution in [3.8, 4) is 5.75 Å². The molecule has 1 aromatic heterocycles. The zero-order valence-electron chi connectivity index (χ0n) is 18.2. The van der Waals surface area contributed by atoms with Crippen molar-refractivity contribution in [2.45, 2.75) is 38.6 Å². The van der Waals surface area contributed by atoms with Gasteiger partial charge in [0.15, 0.2) is 5.96 Å². The number of benzene rings is 1. The molecule has 7 heteroatoms. The number of aliphatic imine (C=N–C) groups is 1. The largest absolute Gasteiger partial charge is 0.497 e. The molecule has 2 heterocycles. The van der Waals surface area contributed by atoms with Crippen molar-refractivity contribution in [1.82, 2.24) is 15.6 Å². The molecular formula is C23H34IN5O. The molecule has 1 saturated heterocycles. The predicted molar refractivity (Wildman–Crippen MR) is 135 cm³/mol. The molecule has 30 heavy (non-hydrogen) atoms. The summed E-state index contributed by atoms with van der Waals surface area (Å²) in [5.74, 6) is 3.27. The van der Waals surface area contributed by atoms with E-state index in [0.717, 1.165) is 50.1 Å². The molecule has 1 atom stereocenters. The van der Waals surface area contributed by atoms with Gasteiger partial charge in [-0.2, -0.15) is 0 Å². The third-order valence-electron chi connectivity index (χ3n) is 5.48. The van der Waals surface area contributed by atoms with Gasteiger partial charge in [0.25, 0.3) is 0 Å². The quantitative estimate of drug-likeness (QED) is 0.309. The van der Waals surface area contributed by atoms with E-state index in [1.807, 2.05) is 25.4 Å². The molecule has 2 N–H and O–H groups in total. The summed E-state index contributed by atoms with van der Waals surface area (Å²) in [7, 11) is 3.50. The van der Waals surface area contributed by atoms with Crippen molar-refractivity contribution in [2.75, 3.05) is 38.7 Å². The highest BCUT2D eigenvalue weighted by Crippen LogP contribution is 2.21. The minimum absolute atomic E-state index is 0. The number of nitrogens with one attached hydrogen (secondary N) is 2. The van der Waals surface area contributed by atoms with Crippen molar-refractivity contribution in [2.24, 2.45) is 4.99 Å². The molecule has 6 nitrogen and oxygen atoms in total. The number of guanidine groups is 1. The van der Waals surface area contributed by atoms with Crippen LogP contribution in [0, 0.1) is 0 Å². The van der Waals surface area contributed by atoms with Crippen LogP contribution in [0.2, 0.25) is 0 Å². The first-order valence-electron chi connectivity index (χ1n) is 10.5. The Bertz CT molecular complexity index is 790. The van der Waals surface area contributed by atoms with Gasteiger partial charge in [-0.1, -0.05) is 19.1 Å². The summed E-state index contributed by atoms with van der Waals surface area (Å²) in [6.07, 6.45) is 5.45. The van der Waals surface area contributed by atoms with Gasteiger partial charge in [0.05, 0.1) is 7.11 Å². The monoisotopic (exact) mass is 523 g/mol. The molecule has 1 aliphatic heterocycles. The molecule has 0 bridgehead atoms. The Morgan fingerprint density at radius 2 is 1.90 bits per heavy atom. The molecule has 164 valence electrons. The molecule has 1 fully saturated rings. The highest BCUT2D eigenvalue weighted by molar-refractivity contribution is 14.0. The second-order valence-electron chi connectivity index (χ2n) is 7.53. The summed E-state index contributed by atoms with van der Waals surface area (Å²) >= 11 is 0. The Balaban J connectivity index is 0.00000320. The molecule has 1 aromatic carbocycles. The van der Waals surface area contributed by atoms with Crippen molar-refractivity contribution >= 4 is 35.8 Å². The van der Waals surface area contributed by atoms with Crippen LogP contribution in [0.15, 0.2) is 47.6 Å². The molecule has 1 unspecified atom stereocenters. The minimum Gasteiger partial charge on any atom is -0.497 e. The lowest BCUT2D eigenvalue weighted by Crippen LogP contribution is -2.37. The van der Waals surface area contributed by atoms with Crippen LogP contribution >= 0.6 is 24.0 Å². The van der Waals surface area contributed by atoms with Gasteiger partial charge in [0, 0.05) is 39.4 Å². The second kappa shape index (κ2) is 12.6.